The number of rotatable bonds is 1. The van der Waals surface area contributed by atoms with Crippen molar-refractivity contribution in [2.75, 3.05) is 20.6 Å². The Kier molecular flexibility index (Phi) is 2.88. The Morgan fingerprint density at radius 1 is 1.42 bits per heavy atom. The SMILES string of the molecule is CNC1CN(C)Cc2[nH]c(=O)c3cc(F)ccc3c21. The zero-order valence-corrected chi connectivity index (χ0v) is 11.0. The number of halogens is 1. The van der Waals surface area contributed by atoms with Gasteiger partial charge in [-0.05, 0) is 37.2 Å². The smallest absolute Gasteiger partial charge is 0.256 e. The van der Waals surface area contributed by atoms with E-state index in [4.69, 9.17) is 0 Å². The molecule has 0 saturated heterocycles. The van der Waals surface area contributed by atoms with Gasteiger partial charge in [-0.15, -0.1) is 0 Å². The second-order valence-corrected chi connectivity index (χ2v) is 5.07. The molecule has 1 atom stereocenters. The molecule has 1 aromatic carbocycles. The van der Waals surface area contributed by atoms with Gasteiger partial charge in [0.05, 0.1) is 5.39 Å². The fourth-order valence-corrected chi connectivity index (χ4v) is 2.87. The predicted octanol–water partition coefficient (Wildman–Crippen LogP) is 1.37. The maximum atomic E-state index is 13.3. The first-order valence-electron chi connectivity index (χ1n) is 6.30. The van der Waals surface area contributed by atoms with Crippen molar-refractivity contribution in [3.63, 3.8) is 0 Å². The number of nitrogens with one attached hydrogen (secondary N) is 2. The molecule has 19 heavy (non-hydrogen) atoms. The number of aromatic amines is 1. The highest BCUT2D eigenvalue weighted by molar-refractivity contribution is 5.86. The van der Waals surface area contributed by atoms with E-state index in [0.29, 0.717) is 11.9 Å². The largest absolute Gasteiger partial charge is 0.324 e. The molecule has 4 nitrogen and oxygen atoms in total. The van der Waals surface area contributed by atoms with Gasteiger partial charge in [-0.3, -0.25) is 9.69 Å². The summed E-state index contributed by atoms with van der Waals surface area (Å²) in [5.74, 6) is -0.383. The van der Waals surface area contributed by atoms with Crippen LogP contribution < -0.4 is 10.9 Å². The van der Waals surface area contributed by atoms with Crippen LogP contribution in [0, 0.1) is 5.82 Å². The lowest BCUT2D eigenvalue weighted by Gasteiger charge is -2.32. The van der Waals surface area contributed by atoms with Crippen molar-refractivity contribution in [1.82, 2.24) is 15.2 Å². The monoisotopic (exact) mass is 261 g/mol. The molecule has 0 radical (unpaired) electrons. The zero-order valence-electron chi connectivity index (χ0n) is 11.0. The Bertz CT molecular complexity index is 695. The van der Waals surface area contributed by atoms with E-state index in [1.165, 1.54) is 12.1 Å². The van der Waals surface area contributed by atoms with Crippen LogP contribution in [0.15, 0.2) is 23.0 Å². The average molecular weight is 261 g/mol. The Labute approximate surface area is 110 Å². The highest BCUT2D eigenvalue weighted by atomic mass is 19.1. The Balaban J connectivity index is 2.35. The van der Waals surface area contributed by atoms with Crippen LogP contribution in [0.25, 0.3) is 10.8 Å². The van der Waals surface area contributed by atoms with Crippen LogP contribution in [0.5, 0.6) is 0 Å². The maximum Gasteiger partial charge on any atom is 0.256 e. The van der Waals surface area contributed by atoms with Crippen molar-refractivity contribution in [1.29, 1.82) is 0 Å². The minimum absolute atomic E-state index is 0.138. The molecule has 3 rings (SSSR count). The van der Waals surface area contributed by atoms with Crippen molar-refractivity contribution >= 4 is 10.8 Å². The van der Waals surface area contributed by atoms with Crippen LogP contribution in [-0.2, 0) is 6.54 Å². The molecular weight excluding hydrogens is 245 g/mol. The number of likely N-dealkylation sites (N-methyl/N-ethyl adjacent to an activating group) is 2. The van der Waals surface area contributed by atoms with Crippen LogP contribution in [0.1, 0.15) is 17.3 Å². The molecule has 1 aliphatic rings. The Hall–Kier alpha value is -1.72. The first-order chi connectivity index (χ1) is 9.10. The topological polar surface area (TPSA) is 48.1 Å². The molecule has 1 aliphatic heterocycles. The highest BCUT2D eigenvalue weighted by Crippen LogP contribution is 2.29. The van der Waals surface area contributed by atoms with Crippen LogP contribution in [0.3, 0.4) is 0 Å². The van der Waals surface area contributed by atoms with Crippen molar-refractivity contribution in [2.24, 2.45) is 0 Å². The summed E-state index contributed by atoms with van der Waals surface area (Å²) in [7, 11) is 3.91. The lowest BCUT2D eigenvalue weighted by atomic mass is 9.94. The van der Waals surface area contributed by atoms with E-state index in [0.717, 1.165) is 23.2 Å². The van der Waals surface area contributed by atoms with Crippen molar-refractivity contribution in [3.05, 3.63) is 45.6 Å². The summed E-state index contributed by atoms with van der Waals surface area (Å²) in [4.78, 5) is 17.1. The summed E-state index contributed by atoms with van der Waals surface area (Å²) in [6.07, 6.45) is 0. The van der Waals surface area contributed by atoms with Gasteiger partial charge >= 0.3 is 0 Å². The number of fused-ring (bicyclic) bond motifs is 3. The van der Waals surface area contributed by atoms with Crippen LogP contribution in [0.2, 0.25) is 0 Å². The number of hydrogen-bond donors (Lipinski definition) is 2. The van der Waals surface area contributed by atoms with Gasteiger partial charge in [-0.25, -0.2) is 4.39 Å². The van der Waals surface area contributed by atoms with Gasteiger partial charge in [0.2, 0.25) is 0 Å². The van der Waals surface area contributed by atoms with E-state index >= 15 is 0 Å². The molecule has 0 amide bonds. The van der Waals surface area contributed by atoms with E-state index in [9.17, 15) is 9.18 Å². The normalized spacial score (nSPS) is 19.6. The molecule has 1 aromatic heterocycles. The molecule has 2 heterocycles. The minimum atomic E-state index is -0.383. The molecule has 5 heteroatoms. The molecule has 0 fully saturated rings. The van der Waals surface area contributed by atoms with Crippen LogP contribution in [-0.4, -0.2) is 30.5 Å². The number of benzene rings is 1. The van der Waals surface area contributed by atoms with E-state index in [1.807, 2.05) is 14.1 Å². The third-order valence-corrected chi connectivity index (χ3v) is 3.73. The zero-order chi connectivity index (χ0) is 13.6. The molecule has 100 valence electrons. The number of hydrogen-bond acceptors (Lipinski definition) is 3. The summed E-state index contributed by atoms with van der Waals surface area (Å²) in [5.41, 5.74) is 1.77. The van der Waals surface area contributed by atoms with Crippen LogP contribution >= 0.6 is 0 Å². The molecular formula is C14H16FN3O. The quantitative estimate of drug-likeness (QED) is 0.815. The second-order valence-electron chi connectivity index (χ2n) is 5.07. The summed E-state index contributed by atoms with van der Waals surface area (Å²) in [6, 6.07) is 4.56. The fourth-order valence-electron chi connectivity index (χ4n) is 2.87. The number of H-pyrrole nitrogens is 1. The first-order valence-corrected chi connectivity index (χ1v) is 6.30. The molecule has 0 bridgehead atoms. The lowest BCUT2D eigenvalue weighted by molar-refractivity contribution is 0.263. The molecule has 0 spiro atoms. The standard InChI is InChI=1S/C14H16FN3O/c1-16-11-6-18(2)7-12-13(11)9-4-3-8(15)5-10(9)14(19)17-12/h3-5,11,16H,6-7H2,1-2H3,(H,17,19). The lowest BCUT2D eigenvalue weighted by Crippen LogP contribution is -2.38. The van der Waals surface area contributed by atoms with E-state index < -0.39 is 0 Å². The maximum absolute atomic E-state index is 13.3. The average Bonchev–Trinajstić information content (AvgIpc) is 2.38. The predicted molar refractivity (Wildman–Crippen MR) is 72.7 cm³/mol. The Morgan fingerprint density at radius 2 is 2.21 bits per heavy atom. The Morgan fingerprint density at radius 3 is 2.95 bits per heavy atom. The van der Waals surface area contributed by atoms with Gasteiger partial charge in [-0.2, -0.15) is 0 Å². The summed E-state index contributed by atoms with van der Waals surface area (Å²) in [5, 5.41) is 4.52. The molecule has 2 aromatic rings. The van der Waals surface area contributed by atoms with Crippen molar-refractivity contribution in [2.45, 2.75) is 12.6 Å². The third kappa shape index (κ3) is 1.95. The van der Waals surface area contributed by atoms with Gasteiger partial charge < -0.3 is 10.3 Å². The summed E-state index contributed by atoms with van der Waals surface area (Å²) >= 11 is 0. The van der Waals surface area contributed by atoms with Gasteiger partial charge in [0.15, 0.2) is 0 Å². The van der Waals surface area contributed by atoms with E-state index in [1.54, 1.807) is 6.07 Å². The third-order valence-electron chi connectivity index (χ3n) is 3.73. The van der Waals surface area contributed by atoms with Crippen molar-refractivity contribution in [3.8, 4) is 0 Å². The number of nitrogens with zero attached hydrogens (tertiary/aromatic N) is 1. The molecule has 0 aliphatic carbocycles. The summed E-state index contributed by atoms with van der Waals surface area (Å²) < 4.78 is 13.3. The number of aromatic nitrogens is 1. The van der Waals surface area contributed by atoms with Crippen LogP contribution in [0.4, 0.5) is 4.39 Å². The molecule has 1 unspecified atom stereocenters. The van der Waals surface area contributed by atoms with Gasteiger partial charge in [-0.1, -0.05) is 6.07 Å². The highest BCUT2D eigenvalue weighted by Gasteiger charge is 2.25. The van der Waals surface area contributed by atoms with E-state index in [-0.39, 0.29) is 17.4 Å². The molecule has 2 N–H and O–H groups in total. The van der Waals surface area contributed by atoms with Gasteiger partial charge in [0.1, 0.15) is 5.82 Å². The van der Waals surface area contributed by atoms with Gasteiger partial charge in [0, 0.05) is 24.8 Å². The second kappa shape index (κ2) is 4.43. The molecule has 0 saturated carbocycles. The van der Waals surface area contributed by atoms with Crippen molar-refractivity contribution < 1.29 is 4.39 Å². The van der Waals surface area contributed by atoms with E-state index in [2.05, 4.69) is 15.2 Å². The first kappa shape index (κ1) is 12.3. The van der Waals surface area contributed by atoms with Gasteiger partial charge in [0.25, 0.3) is 5.56 Å². The number of pyridine rings is 1. The minimum Gasteiger partial charge on any atom is -0.324 e. The fraction of sp³-hybridized carbons (Fsp3) is 0.357. The summed E-state index contributed by atoms with van der Waals surface area (Å²) in [6.45, 7) is 1.57.